The van der Waals surface area contributed by atoms with Gasteiger partial charge in [0.05, 0.1) is 12.1 Å². The van der Waals surface area contributed by atoms with Crippen LogP contribution in [0.25, 0.3) is 0 Å². The van der Waals surface area contributed by atoms with E-state index < -0.39 is 5.97 Å². The number of benzene rings is 2. The predicted octanol–water partition coefficient (Wildman–Crippen LogP) is 4.41. The number of nitrogens with zero attached hydrogens (tertiary/aromatic N) is 3. The number of anilines is 2. The van der Waals surface area contributed by atoms with Gasteiger partial charge in [0.15, 0.2) is 0 Å². The summed E-state index contributed by atoms with van der Waals surface area (Å²) in [6.07, 6.45) is 0.815. The molecule has 1 amide bonds. The van der Waals surface area contributed by atoms with Gasteiger partial charge in [-0.1, -0.05) is 35.9 Å². The Kier molecular flexibility index (Phi) is 6.36. The number of halogens is 2. The zero-order chi connectivity index (χ0) is 22.7. The summed E-state index contributed by atoms with van der Waals surface area (Å²) in [7, 11) is 0. The van der Waals surface area contributed by atoms with E-state index in [1.54, 1.807) is 16.8 Å². The van der Waals surface area contributed by atoms with E-state index in [-0.39, 0.29) is 49.0 Å². The highest BCUT2D eigenvalue weighted by Gasteiger charge is 2.31. The summed E-state index contributed by atoms with van der Waals surface area (Å²) >= 11 is 6.02. The minimum Gasteiger partial charge on any atom is -0.481 e. The first-order valence-electron chi connectivity index (χ1n) is 10.1. The second-order valence-corrected chi connectivity index (χ2v) is 7.99. The van der Waals surface area contributed by atoms with Crippen LogP contribution in [0.4, 0.5) is 16.3 Å². The third-order valence-electron chi connectivity index (χ3n) is 5.26. The molecule has 0 spiro atoms. The van der Waals surface area contributed by atoms with Gasteiger partial charge in [0.2, 0.25) is 11.9 Å². The number of fused-ring (bicyclic) bond motifs is 1. The molecular formula is C22H21ClFN5O3. The Morgan fingerprint density at radius 1 is 1.12 bits per heavy atom. The fraction of sp³-hybridized carbons (Fsp3) is 0.273. The minimum atomic E-state index is -0.951. The largest absolute Gasteiger partial charge is 0.481 e. The first-order valence-corrected chi connectivity index (χ1v) is 10.5. The lowest BCUT2D eigenvalue weighted by Gasteiger charge is -2.31. The molecule has 8 nitrogen and oxygen atoms in total. The number of carboxylic acid groups (broad SMARTS) is 1. The van der Waals surface area contributed by atoms with Crippen LogP contribution in [-0.2, 0) is 9.59 Å². The van der Waals surface area contributed by atoms with Gasteiger partial charge in [-0.3, -0.25) is 14.9 Å². The molecule has 166 valence electrons. The normalized spacial score (nSPS) is 17.3. The Bertz CT molecular complexity index is 1120. The lowest BCUT2D eigenvalue weighted by atomic mass is 9.93. The Balaban J connectivity index is 1.59. The summed E-state index contributed by atoms with van der Waals surface area (Å²) in [5, 5.41) is 19.8. The second-order valence-electron chi connectivity index (χ2n) is 7.55. The Morgan fingerprint density at radius 3 is 2.50 bits per heavy atom. The maximum Gasteiger partial charge on any atom is 0.303 e. The zero-order valence-electron chi connectivity index (χ0n) is 17.0. The molecule has 0 saturated heterocycles. The summed E-state index contributed by atoms with van der Waals surface area (Å²) in [4.78, 5) is 27.2. The van der Waals surface area contributed by atoms with Gasteiger partial charge < -0.3 is 10.4 Å². The Hall–Kier alpha value is -3.46. The van der Waals surface area contributed by atoms with E-state index in [0.717, 1.165) is 11.1 Å². The number of carbonyl (C=O) groups excluding carboxylic acids is 1. The van der Waals surface area contributed by atoms with Crippen LogP contribution in [0.1, 0.15) is 48.9 Å². The average Bonchev–Trinajstić information content (AvgIpc) is 3.16. The first-order chi connectivity index (χ1) is 15.4. The molecular weight excluding hydrogens is 437 g/mol. The number of nitrogens with one attached hydrogen (secondary N) is 2. The molecule has 3 aromatic rings. The van der Waals surface area contributed by atoms with Crippen molar-refractivity contribution >= 4 is 35.4 Å². The molecule has 4 rings (SSSR count). The number of carbonyl (C=O) groups is 2. The van der Waals surface area contributed by atoms with Crippen LogP contribution in [0.15, 0.2) is 48.5 Å². The van der Waals surface area contributed by atoms with Crippen LogP contribution < -0.4 is 10.6 Å². The molecule has 32 heavy (non-hydrogen) atoms. The van der Waals surface area contributed by atoms with E-state index >= 15 is 0 Å². The van der Waals surface area contributed by atoms with Crippen LogP contribution in [0, 0.1) is 5.82 Å². The number of aliphatic carboxylic acids is 1. The van der Waals surface area contributed by atoms with Crippen molar-refractivity contribution in [2.24, 2.45) is 0 Å². The SMILES string of the molecule is O=C(O)CCCC(=O)Nc1nc2n(n1)[C@@H](c1ccc(F)cc1)C[C@H](c1ccc(Cl)cc1)N2. The molecule has 2 aromatic carbocycles. The molecule has 2 atom stereocenters. The fourth-order valence-corrected chi connectivity index (χ4v) is 3.82. The molecule has 0 fully saturated rings. The lowest BCUT2D eigenvalue weighted by molar-refractivity contribution is -0.137. The number of carboxylic acids is 1. The fourth-order valence-electron chi connectivity index (χ4n) is 3.69. The summed E-state index contributed by atoms with van der Waals surface area (Å²) in [6.45, 7) is 0. The standard InChI is InChI=1S/C22H21ClFN5O3/c23-15-8-4-13(5-9-15)17-12-18(14-6-10-16(24)11-7-14)29-22(25-17)27-21(28-29)26-19(30)2-1-3-20(31)32/h4-11,17-18H,1-3,12H2,(H,31,32)(H2,25,26,27,28,30)/t17-,18-/m1/s1. The first kappa shape index (κ1) is 21.8. The van der Waals surface area contributed by atoms with E-state index in [4.69, 9.17) is 16.7 Å². The molecule has 0 unspecified atom stereocenters. The van der Waals surface area contributed by atoms with E-state index in [1.807, 2.05) is 24.3 Å². The molecule has 3 N–H and O–H groups in total. The molecule has 2 heterocycles. The highest BCUT2D eigenvalue weighted by molar-refractivity contribution is 6.30. The molecule has 0 bridgehead atoms. The quantitative estimate of drug-likeness (QED) is 0.485. The topological polar surface area (TPSA) is 109 Å². The van der Waals surface area contributed by atoms with Crippen LogP contribution >= 0.6 is 11.6 Å². The van der Waals surface area contributed by atoms with Crippen molar-refractivity contribution in [1.29, 1.82) is 0 Å². The van der Waals surface area contributed by atoms with Gasteiger partial charge in [-0.2, -0.15) is 4.98 Å². The Labute approximate surface area is 188 Å². The van der Waals surface area contributed by atoms with E-state index in [9.17, 15) is 14.0 Å². The third-order valence-corrected chi connectivity index (χ3v) is 5.51. The van der Waals surface area contributed by atoms with Crippen molar-refractivity contribution in [3.63, 3.8) is 0 Å². The summed E-state index contributed by atoms with van der Waals surface area (Å²) < 4.78 is 15.2. The molecule has 0 radical (unpaired) electrons. The molecule has 0 aliphatic carbocycles. The van der Waals surface area contributed by atoms with E-state index in [1.165, 1.54) is 12.1 Å². The summed E-state index contributed by atoms with van der Waals surface area (Å²) in [5.41, 5.74) is 1.87. The number of aromatic nitrogens is 3. The van der Waals surface area contributed by atoms with Crippen LogP contribution in [0.2, 0.25) is 5.02 Å². The van der Waals surface area contributed by atoms with Crippen LogP contribution in [0.3, 0.4) is 0 Å². The average molecular weight is 458 g/mol. The van der Waals surface area contributed by atoms with Crippen molar-refractivity contribution in [3.05, 3.63) is 70.5 Å². The smallest absolute Gasteiger partial charge is 0.303 e. The molecule has 10 heteroatoms. The highest BCUT2D eigenvalue weighted by Crippen LogP contribution is 2.38. The molecule has 0 saturated carbocycles. The number of rotatable bonds is 7. The van der Waals surface area contributed by atoms with Gasteiger partial charge in [-0.05, 0) is 48.2 Å². The van der Waals surface area contributed by atoms with Crippen molar-refractivity contribution < 1.29 is 19.1 Å². The molecule has 1 aromatic heterocycles. The van der Waals surface area contributed by atoms with Crippen molar-refractivity contribution in [2.45, 2.75) is 37.8 Å². The second kappa shape index (κ2) is 9.35. The van der Waals surface area contributed by atoms with Gasteiger partial charge in [-0.15, -0.1) is 5.10 Å². The Morgan fingerprint density at radius 2 is 1.81 bits per heavy atom. The maximum atomic E-state index is 13.5. The maximum absolute atomic E-state index is 13.5. The zero-order valence-corrected chi connectivity index (χ0v) is 17.7. The number of hydrogen-bond acceptors (Lipinski definition) is 5. The van der Waals surface area contributed by atoms with Gasteiger partial charge in [0.25, 0.3) is 5.95 Å². The molecule has 1 aliphatic heterocycles. The van der Waals surface area contributed by atoms with Crippen molar-refractivity contribution in [3.8, 4) is 0 Å². The van der Waals surface area contributed by atoms with Crippen molar-refractivity contribution in [1.82, 2.24) is 14.8 Å². The lowest BCUT2D eigenvalue weighted by Crippen LogP contribution is -2.28. The van der Waals surface area contributed by atoms with E-state index in [0.29, 0.717) is 17.4 Å². The van der Waals surface area contributed by atoms with Crippen LogP contribution in [-0.4, -0.2) is 31.7 Å². The predicted molar refractivity (Wildman–Crippen MR) is 117 cm³/mol. The third kappa shape index (κ3) is 5.05. The van der Waals surface area contributed by atoms with E-state index in [2.05, 4.69) is 20.7 Å². The minimum absolute atomic E-state index is 0.0540. The molecule has 1 aliphatic rings. The van der Waals surface area contributed by atoms with Gasteiger partial charge >= 0.3 is 5.97 Å². The summed E-state index contributed by atoms with van der Waals surface area (Å²) in [5.74, 6) is -1.05. The van der Waals surface area contributed by atoms with Gasteiger partial charge in [-0.25, -0.2) is 9.07 Å². The number of amides is 1. The van der Waals surface area contributed by atoms with Crippen LogP contribution in [0.5, 0.6) is 0 Å². The van der Waals surface area contributed by atoms with Gasteiger partial charge in [0, 0.05) is 17.9 Å². The summed E-state index contributed by atoms with van der Waals surface area (Å²) in [6, 6.07) is 13.4. The van der Waals surface area contributed by atoms with Crippen molar-refractivity contribution in [2.75, 3.05) is 10.6 Å². The van der Waals surface area contributed by atoms with Gasteiger partial charge in [0.1, 0.15) is 5.82 Å². The highest BCUT2D eigenvalue weighted by atomic mass is 35.5. The number of hydrogen-bond donors (Lipinski definition) is 3. The monoisotopic (exact) mass is 457 g/mol.